The highest BCUT2D eigenvalue weighted by molar-refractivity contribution is 5.81. The molecule has 1 unspecified atom stereocenters. The summed E-state index contributed by atoms with van der Waals surface area (Å²) in [7, 11) is 0. The molecule has 0 bridgehead atoms. The highest BCUT2D eigenvalue weighted by Crippen LogP contribution is 2.26. The minimum Gasteiger partial charge on any atom is -0.338 e. The lowest BCUT2D eigenvalue weighted by Gasteiger charge is -2.17. The first-order chi connectivity index (χ1) is 12.2. The SMILES string of the molecule is CCCC1CC(=O)N(Cc2ccnc3nc(-c4ccccc4)[nH]c23)C1.[HH]. The lowest BCUT2D eigenvalue weighted by molar-refractivity contribution is -0.128. The molecule has 25 heavy (non-hydrogen) atoms. The number of pyridine rings is 1. The summed E-state index contributed by atoms with van der Waals surface area (Å²) >= 11 is 0. The van der Waals surface area contributed by atoms with Crippen molar-refractivity contribution in [2.24, 2.45) is 5.92 Å². The number of aromatic nitrogens is 3. The predicted octanol–water partition coefficient (Wildman–Crippen LogP) is 4.02. The Hall–Kier alpha value is -2.69. The standard InChI is InChI=1S/C20H22N4O.H2/c1-2-6-14-11-17(25)24(12-14)13-16-9-10-21-20-18(16)22-19(23-20)15-7-4-3-5-8-15;/h3-5,7-10,14H,2,6,11-13H2,1H3,(H,21,22,23);1H. The van der Waals surface area contributed by atoms with Crippen LogP contribution in [0.5, 0.6) is 0 Å². The largest absolute Gasteiger partial charge is 0.338 e. The topological polar surface area (TPSA) is 61.9 Å². The molecule has 1 aromatic carbocycles. The normalized spacial score (nSPS) is 17.6. The third-order valence-corrected chi connectivity index (χ3v) is 4.88. The zero-order valence-corrected chi connectivity index (χ0v) is 14.4. The number of benzene rings is 1. The molecule has 1 aliphatic rings. The number of aromatic amines is 1. The third kappa shape index (κ3) is 3.14. The van der Waals surface area contributed by atoms with E-state index in [1.54, 1.807) is 6.20 Å². The average molecular weight is 336 g/mol. The van der Waals surface area contributed by atoms with Crippen LogP contribution in [0.4, 0.5) is 0 Å². The first-order valence-electron chi connectivity index (χ1n) is 8.91. The van der Waals surface area contributed by atoms with Crippen molar-refractivity contribution in [2.75, 3.05) is 6.54 Å². The van der Waals surface area contributed by atoms with E-state index in [2.05, 4.69) is 21.9 Å². The number of nitrogens with one attached hydrogen (secondary N) is 1. The van der Waals surface area contributed by atoms with Crippen molar-refractivity contribution < 1.29 is 6.22 Å². The Balaban J connectivity index is 0.00000196. The van der Waals surface area contributed by atoms with Crippen LogP contribution < -0.4 is 0 Å². The molecule has 1 aliphatic heterocycles. The van der Waals surface area contributed by atoms with E-state index in [0.29, 0.717) is 24.5 Å². The van der Waals surface area contributed by atoms with Crippen LogP contribution in [0.2, 0.25) is 0 Å². The Morgan fingerprint density at radius 3 is 2.92 bits per heavy atom. The van der Waals surface area contributed by atoms with Gasteiger partial charge in [-0.25, -0.2) is 9.97 Å². The van der Waals surface area contributed by atoms with Crippen molar-refractivity contribution in [3.63, 3.8) is 0 Å². The number of rotatable bonds is 5. The molecule has 1 saturated heterocycles. The van der Waals surface area contributed by atoms with Gasteiger partial charge in [0.15, 0.2) is 5.65 Å². The molecular formula is C20H24N4O. The number of H-pyrrole nitrogens is 1. The maximum atomic E-state index is 12.3. The van der Waals surface area contributed by atoms with Gasteiger partial charge in [0.2, 0.25) is 5.91 Å². The van der Waals surface area contributed by atoms with Crippen LogP contribution in [-0.4, -0.2) is 32.3 Å². The second kappa shape index (κ2) is 6.67. The van der Waals surface area contributed by atoms with E-state index < -0.39 is 0 Å². The minimum atomic E-state index is 0. The van der Waals surface area contributed by atoms with Crippen LogP contribution >= 0.6 is 0 Å². The lowest BCUT2D eigenvalue weighted by atomic mass is 10.0. The molecule has 3 aromatic rings. The fraction of sp³-hybridized carbons (Fsp3) is 0.350. The zero-order chi connectivity index (χ0) is 17.2. The molecule has 0 radical (unpaired) electrons. The first-order valence-corrected chi connectivity index (χ1v) is 8.91. The Labute approximate surface area is 148 Å². The summed E-state index contributed by atoms with van der Waals surface area (Å²) in [5, 5.41) is 0. The van der Waals surface area contributed by atoms with E-state index in [-0.39, 0.29) is 7.33 Å². The summed E-state index contributed by atoms with van der Waals surface area (Å²) in [6.45, 7) is 3.65. The van der Waals surface area contributed by atoms with Crippen molar-refractivity contribution in [2.45, 2.75) is 32.7 Å². The van der Waals surface area contributed by atoms with Gasteiger partial charge < -0.3 is 9.88 Å². The number of fused-ring (bicyclic) bond motifs is 1. The number of imidazole rings is 1. The summed E-state index contributed by atoms with van der Waals surface area (Å²) in [5.74, 6) is 1.56. The second-order valence-electron chi connectivity index (χ2n) is 6.75. The molecule has 1 atom stereocenters. The monoisotopic (exact) mass is 336 g/mol. The molecule has 4 rings (SSSR count). The molecule has 0 spiro atoms. The number of nitrogens with zero attached hydrogens (tertiary/aromatic N) is 3. The van der Waals surface area contributed by atoms with Crippen LogP contribution in [0.15, 0.2) is 42.6 Å². The summed E-state index contributed by atoms with van der Waals surface area (Å²) in [4.78, 5) is 26.7. The van der Waals surface area contributed by atoms with Gasteiger partial charge in [0.1, 0.15) is 5.82 Å². The smallest absolute Gasteiger partial charge is 0.223 e. The van der Waals surface area contributed by atoms with Gasteiger partial charge in [0.25, 0.3) is 0 Å². The van der Waals surface area contributed by atoms with Crippen LogP contribution in [0.25, 0.3) is 22.6 Å². The number of carbonyl (C=O) groups excluding carboxylic acids is 1. The average Bonchev–Trinajstić information content (AvgIpc) is 3.21. The maximum Gasteiger partial charge on any atom is 0.223 e. The number of amides is 1. The molecule has 1 N–H and O–H groups in total. The van der Waals surface area contributed by atoms with Gasteiger partial charge in [-0.3, -0.25) is 4.79 Å². The van der Waals surface area contributed by atoms with Gasteiger partial charge >= 0.3 is 0 Å². The highest BCUT2D eigenvalue weighted by atomic mass is 16.2. The fourth-order valence-corrected chi connectivity index (χ4v) is 3.64. The van der Waals surface area contributed by atoms with Crippen molar-refractivity contribution in [1.29, 1.82) is 0 Å². The number of likely N-dealkylation sites (tertiary alicyclic amines) is 1. The van der Waals surface area contributed by atoms with Gasteiger partial charge in [-0.05, 0) is 18.4 Å². The maximum absolute atomic E-state index is 12.3. The Morgan fingerprint density at radius 2 is 2.12 bits per heavy atom. The molecule has 0 aliphatic carbocycles. The molecule has 1 fully saturated rings. The van der Waals surface area contributed by atoms with Gasteiger partial charge in [-0.1, -0.05) is 43.7 Å². The Morgan fingerprint density at radius 1 is 1.28 bits per heavy atom. The Kier molecular flexibility index (Phi) is 4.22. The van der Waals surface area contributed by atoms with Gasteiger partial charge in [0, 0.05) is 38.3 Å². The molecule has 2 aromatic heterocycles. The van der Waals surface area contributed by atoms with E-state index in [0.717, 1.165) is 41.9 Å². The first kappa shape index (κ1) is 15.8. The molecule has 5 nitrogen and oxygen atoms in total. The molecule has 130 valence electrons. The number of hydrogen-bond acceptors (Lipinski definition) is 3. The van der Waals surface area contributed by atoms with Crippen LogP contribution in [0, 0.1) is 5.92 Å². The van der Waals surface area contributed by atoms with Gasteiger partial charge in [0.05, 0.1) is 5.52 Å². The summed E-state index contributed by atoms with van der Waals surface area (Å²) in [5.41, 5.74) is 3.73. The van der Waals surface area contributed by atoms with Gasteiger partial charge in [-0.15, -0.1) is 0 Å². The number of hydrogen-bond donors (Lipinski definition) is 1. The van der Waals surface area contributed by atoms with Gasteiger partial charge in [-0.2, -0.15) is 0 Å². The summed E-state index contributed by atoms with van der Waals surface area (Å²) in [6, 6.07) is 12.0. The Bertz CT molecular complexity index is 893. The highest BCUT2D eigenvalue weighted by Gasteiger charge is 2.29. The van der Waals surface area contributed by atoms with Crippen molar-refractivity contribution in [3.8, 4) is 11.4 Å². The van der Waals surface area contributed by atoms with E-state index in [1.807, 2.05) is 41.3 Å². The molecular weight excluding hydrogens is 312 g/mol. The molecule has 3 heterocycles. The predicted molar refractivity (Wildman–Crippen MR) is 99.9 cm³/mol. The van der Waals surface area contributed by atoms with Crippen molar-refractivity contribution in [3.05, 3.63) is 48.2 Å². The van der Waals surface area contributed by atoms with Crippen LogP contribution in [0.1, 0.15) is 33.2 Å². The van der Waals surface area contributed by atoms with Crippen molar-refractivity contribution >= 4 is 17.1 Å². The van der Waals surface area contributed by atoms with E-state index >= 15 is 0 Å². The summed E-state index contributed by atoms with van der Waals surface area (Å²) in [6.07, 6.45) is 4.71. The quantitative estimate of drug-likeness (QED) is 0.765. The molecule has 0 saturated carbocycles. The minimum absolute atomic E-state index is 0. The molecule has 5 heteroatoms. The number of carbonyl (C=O) groups is 1. The van der Waals surface area contributed by atoms with E-state index in [4.69, 9.17) is 0 Å². The van der Waals surface area contributed by atoms with E-state index in [1.165, 1.54) is 0 Å². The van der Waals surface area contributed by atoms with Crippen LogP contribution in [-0.2, 0) is 11.3 Å². The summed E-state index contributed by atoms with van der Waals surface area (Å²) < 4.78 is 0. The fourth-order valence-electron chi connectivity index (χ4n) is 3.64. The van der Waals surface area contributed by atoms with Crippen molar-refractivity contribution in [1.82, 2.24) is 19.9 Å². The molecule has 1 amide bonds. The zero-order valence-electron chi connectivity index (χ0n) is 14.4. The third-order valence-electron chi connectivity index (χ3n) is 4.88. The van der Waals surface area contributed by atoms with E-state index in [9.17, 15) is 4.79 Å². The second-order valence-corrected chi connectivity index (χ2v) is 6.75. The van der Waals surface area contributed by atoms with Crippen LogP contribution in [0.3, 0.4) is 0 Å². The lowest BCUT2D eigenvalue weighted by Crippen LogP contribution is -2.24.